The van der Waals surface area contributed by atoms with Crippen LogP contribution in [0.25, 0.3) is 0 Å². The standard InChI is InChI=1S/C12H15NO5/c1-4-17-12(14)9(3)18-11-7-5-6-10(8(11)2)13(15)16/h5-7,9H,4H2,1-3H3. The number of nitro benzene ring substituents is 1. The van der Waals surface area contributed by atoms with Gasteiger partial charge in [-0.2, -0.15) is 0 Å². The predicted octanol–water partition coefficient (Wildman–Crippen LogP) is 2.23. The first-order valence-corrected chi connectivity index (χ1v) is 5.54. The third-order valence-corrected chi connectivity index (χ3v) is 2.37. The van der Waals surface area contributed by atoms with Crippen LogP contribution in [0.5, 0.6) is 5.75 Å². The molecular weight excluding hydrogens is 238 g/mol. The molecule has 1 aromatic rings. The van der Waals surface area contributed by atoms with Crippen LogP contribution in [0.3, 0.4) is 0 Å². The Kier molecular flexibility index (Phi) is 4.65. The van der Waals surface area contributed by atoms with Crippen molar-refractivity contribution in [2.24, 2.45) is 0 Å². The third kappa shape index (κ3) is 3.19. The molecule has 0 aliphatic heterocycles. The van der Waals surface area contributed by atoms with E-state index in [4.69, 9.17) is 9.47 Å². The summed E-state index contributed by atoms with van der Waals surface area (Å²) < 4.78 is 10.2. The number of hydrogen-bond acceptors (Lipinski definition) is 5. The molecule has 0 amide bonds. The fraction of sp³-hybridized carbons (Fsp3) is 0.417. The lowest BCUT2D eigenvalue weighted by molar-refractivity contribution is -0.385. The number of ether oxygens (including phenoxy) is 2. The van der Waals surface area contributed by atoms with E-state index in [2.05, 4.69) is 0 Å². The van der Waals surface area contributed by atoms with Crippen molar-refractivity contribution in [2.45, 2.75) is 26.9 Å². The van der Waals surface area contributed by atoms with E-state index in [0.29, 0.717) is 11.3 Å². The highest BCUT2D eigenvalue weighted by Gasteiger charge is 2.20. The Labute approximate surface area is 105 Å². The van der Waals surface area contributed by atoms with Gasteiger partial charge in [-0.25, -0.2) is 4.79 Å². The summed E-state index contributed by atoms with van der Waals surface area (Å²) >= 11 is 0. The molecule has 0 heterocycles. The van der Waals surface area contributed by atoms with E-state index >= 15 is 0 Å². The molecule has 0 aliphatic carbocycles. The lowest BCUT2D eigenvalue weighted by atomic mass is 10.2. The quantitative estimate of drug-likeness (QED) is 0.456. The average molecular weight is 253 g/mol. The van der Waals surface area contributed by atoms with Gasteiger partial charge in [-0.1, -0.05) is 6.07 Å². The van der Waals surface area contributed by atoms with Gasteiger partial charge in [0, 0.05) is 6.07 Å². The molecular formula is C12H15NO5. The number of rotatable bonds is 5. The van der Waals surface area contributed by atoms with Crippen molar-refractivity contribution < 1.29 is 19.2 Å². The summed E-state index contributed by atoms with van der Waals surface area (Å²) in [6.45, 7) is 5.07. The summed E-state index contributed by atoms with van der Waals surface area (Å²) in [6.07, 6.45) is -0.800. The molecule has 0 saturated carbocycles. The Morgan fingerprint density at radius 3 is 2.72 bits per heavy atom. The van der Waals surface area contributed by atoms with Crippen LogP contribution in [-0.4, -0.2) is 23.6 Å². The van der Waals surface area contributed by atoms with Crippen LogP contribution in [0, 0.1) is 17.0 Å². The Morgan fingerprint density at radius 2 is 2.17 bits per heavy atom. The fourth-order valence-electron chi connectivity index (χ4n) is 1.43. The minimum absolute atomic E-state index is 0.0384. The van der Waals surface area contributed by atoms with Crippen molar-refractivity contribution in [3.8, 4) is 5.75 Å². The van der Waals surface area contributed by atoms with E-state index in [1.165, 1.54) is 19.1 Å². The minimum atomic E-state index is -0.800. The fourth-order valence-corrected chi connectivity index (χ4v) is 1.43. The van der Waals surface area contributed by atoms with E-state index in [0.717, 1.165) is 0 Å². The maximum atomic E-state index is 11.4. The van der Waals surface area contributed by atoms with Gasteiger partial charge in [0.1, 0.15) is 5.75 Å². The molecule has 0 bridgehead atoms. The van der Waals surface area contributed by atoms with Gasteiger partial charge in [0.25, 0.3) is 5.69 Å². The van der Waals surface area contributed by atoms with Crippen molar-refractivity contribution in [3.63, 3.8) is 0 Å². The van der Waals surface area contributed by atoms with Crippen molar-refractivity contribution in [3.05, 3.63) is 33.9 Å². The maximum absolute atomic E-state index is 11.4. The van der Waals surface area contributed by atoms with E-state index in [9.17, 15) is 14.9 Å². The molecule has 1 atom stereocenters. The van der Waals surface area contributed by atoms with E-state index < -0.39 is 17.0 Å². The van der Waals surface area contributed by atoms with Crippen LogP contribution in [0.2, 0.25) is 0 Å². The van der Waals surface area contributed by atoms with Gasteiger partial charge >= 0.3 is 5.97 Å². The molecule has 18 heavy (non-hydrogen) atoms. The third-order valence-electron chi connectivity index (χ3n) is 2.37. The van der Waals surface area contributed by atoms with Gasteiger partial charge in [-0.3, -0.25) is 10.1 Å². The Morgan fingerprint density at radius 1 is 1.50 bits per heavy atom. The first kappa shape index (κ1) is 14.0. The molecule has 1 unspecified atom stereocenters. The number of nitro groups is 1. The summed E-state index contributed by atoms with van der Waals surface area (Å²) in [7, 11) is 0. The number of carbonyl (C=O) groups excluding carboxylic acids is 1. The van der Waals surface area contributed by atoms with E-state index in [-0.39, 0.29) is 12.3 Å². The molecule has 0 radical (unpaired) electrons. The van der Waals surface area contributed by atoms with Crippen molar-refractivity contribution >= 4 is 11.7 Å². The number of esters is 1. The average Bonchev–Trinajstić information content (AvgIpc) is 2.31. The molecule has 0 N–H and O–H groups in total. The number of nitrogens with zero attached hydrogens (tertiary/aromatic N) is 1. The smallest absolute Gasteiger partial charge is 0.347 e. The highest BCUT2D eigenvalue weighted by Crippen LogP contribution is 2.27. The van der Waals surface area contributed by atoms with Crippen LogP contribution in [0.4, 0.5) is 5.69 Å². The highest BCUT2D eigenvalue weighted by molar-refractivity contribution is 5.74. The molecule has 1 rings (SSSR count). The van der Waals surface area contributed by atoms with Gasteiger partial charge < -0.3 is 9.47 Å². The lowest BCUT2D eigenvalue weighted by Gasteiger charge is -2.14. The molecule has 0 fully saturated rings. The van der Waals surface area contributed by atoms with E-state index in [1.807, 2.05) is 0 Å². The maximum Gasteiger partial charge on any atom is 0.347 e. The molecule has 98 valence electrons. The molecule has 0 saturated heterocycles. The molecule has 6 nitrogen and oxygen atoms in total. The second-order valence-corrected chi connectivity index (χ2v) is 3.67. The first-order valence-electron chi connectivity index (χ1n) is 5.54. The second kappa shape index (κ2) is 6.00. The van der Waals surface area contributed by atoms with Gasteiger partial charge in [-0.15, -0.1) is 0 Å². The van der Waals surface area contributed by atoms with Crippen LogP contribution in [0.15, 0.2) is 18.2 Å². The zero-order chi connectivity index (χ0) is 13.7. The summed E-state index contributed by atoms with van der Waals surface area (Å²) in [5, 5.41) is 10.8. The molecule has 6 heteroatoms. The van der Waals surface area contributed by atoms with Crippen LogP contribution >= 0.6 is 0 Å². The second-order valence-electron chi connectivity index (χ2n) is 3.67. The Balaban J connectivity index is 2.88. The van der Waals surface area contributed by atoms with Gasteiger partial charge in [0.05, 0.1) is 17.1 Å². The van der Waals surface area contributed by atoms with Gasteiger partial charge in [-0.05, 0) is 26.8 Å². The zero-order valence-corrected chi connectivity index (χ0v) is 10.5. The summed E-state index contributed by atoms with van der Waals surface area (Å²) in [5.74, 6) is -0.187. The van der Waals surface area contributed by atoms with Crippen molar-refractivity contribution in [2.75, 3.05) is 6.61 Å². The van der Waals surface area contributed by atoms with E-state index in [1.54, 1.807) is 19.9 Å². The van der Waals surface area contributed by atoms with Crippen LogP contribution in [0.1, 0.15) is 19.4 Å². The topological polar surface area (TPSA) is 78.7 Å². The van der Waals surface area contributed by atoms with Gasteiger partial charge in [0.15, 0.2) is 6.10 Å². The number of benzene rings is 1. The Bertz CT molecular complexity index is 458. The largest absolute Gasteiger partial charge is 0.478 e. The van der Waals surface area contributed by atoms with Crippen molar-refractivity contribution in [1.29, 1.82) is 0 Å². The zero-order valence-electron chi connectivity index (χ0n) is 10.5. The number of carbonyl (C=O) groups is 1. The normalized spacial score (nSPS) is 11.7. The molecule has 0 spiro atoms. The molecule has 1 aromatic carbocycles. The van der Waals surface area contributed by atoms with Crippen LogP contribution < -0.4 is 4.74 Å². The molecule has 0 aromatic heterocycles. The summed E-state index contributed by atoms with van der Waals surface area (Å²) in [4.78, 5) is 21.7. The lowest BCUT2D eigenvalue weighted by Crippen LogP contribution is -2.26. The van der Waals surface area contributed by atoms with Gasteiger partial charge in [0.2, 0.25) is 0 Å². The predicted molar refractivity (Wildman–Crippen MR) is 64.6 cm³/mol. The minimum Gasteiger partial charge on any atom is -0.478 e. The first-order chi connectivity index (χ1) is 8.47. The highest BCUT2D eigenvalue weighted by atomic mass is 16.6. The Hall–Kier alpha value is -2.11. The monoisotopic (exact) mass is 253 g/mol. The number of hydrogen-bond donors (Lipinski definition) is 0. The summed E-state index contributed by atoms with van der Waals surface area (Å²) in [6, 6.07) is 4.48. The molecule has 0 aliphatic rings. The SMILES string of the molecule is CCOC(=O)C(C)Oc1cccc([N+](=O)[O-])c1C. The van der Waals surface area contributed by atoms with Crippen LogP contribution in [-0.2, 0) is 9.53 Å². The summed E-state index contributed by atoms with van der Waals surface area (Å²) in [5.41, 5.74) is 0.349. The van der Waals surface area contributed by atoms with Crippen molar-refractivity contribution in [1.82, 2.24) is 0 Å².